The lowest BCUT2D eigenvalue weighted by molar-refractivity contribution is -0.0100. The number of rotatable bonds is 1. The van der Waals surface area contributed by atoms with Crippen LogP contribution < -0.4 is 5.32 Å². The average molecular weight is 179 g/mol. The van der Waals surface area contributed by atoms with E-state index in [2.05, 4.69) is 15.3 Å². The van der Waals surface area contributed by atoms with E-state index in [1.54, 1.807) is 0 Å². The number of fused-ring (bicyclic) bond motifs is 1. The largest absolute Gasteiger partial charge is 0.364 e. The van der Waals surface area contributed by atoms with Crippen LogP contribution in [0.15, 0.2) is 6.20 Å². The monoisotopic (exact) mass is 179 g/mol. The van der Waals surface area contributed by atoms with Crippen molar-refractivity contribution >= 4 is 5.95 Å². The van der Waals surface area contributed by atoms with Gasteiger partial charge in [0.2, 0.25) is 5.95 Å². The Bertz CT molecular complexity index is 336. The molecule has 0 aromatic carbocycles. The summed E-state index contributed by atoms with van der Waals surface area (Å²) in [7, 11) is 1.81. The zero-order valence-electron chi connectivity index (χ0n) is 8.09. The lowest BCUT2D eigenvalue weighted by Crippen LogP contribution is -2.17. The van der Waals surface area contributed by atoms with Crippen LogP contribution >= 0.6 is 0 Å². The Morgan fingerprint density at radius 2 is 2.31 bits per heavy atom. The minimum absolute atomic E-state index is 0.274. The smallest absolute Gasteiger partial charge is 0.222 e. The van der Waals surface area contributed by atoms with Gasteiger partial charge < -0.3 is 10.1 Å². The highest BCUT2D eigenvalue weighted by molar-refractivity contribution is 5.33. The van der Waals surface area contributed by atoms with Gasteiger partial charge in [-0.2, -0.15) is 0 Å². The molecule has 1 aliphatic heterocycles. The number of anilines is 1. The molecule has 0 saturated carbocycles. The van der Waals surface area contributed by atoms with Crippen molar-refractivity contribution in [2.45, 2.75) is 26.1 Å². The Balaban J connectivity index is 2.50. The molecule has 1 aromatic rings. The second kappa shape index (κ2) is 2.67. The van der Waals surface area contributed by atoms with Gasteiger partial charge in [-0.05, 0) is 13.8 Å². The molecular weight excluding hydrogens is 166 g/mol. The second-order valence-electron chi connectivity index (χ2n) is 3.62. The molecule has 1 aromatic heterocycles. The van der Waals surface area contributed by atoms with E-state index in [1.807, 2.05) is 27.1 Å². The van der Waals surface area contributed by atoms with Crippen LogP contribution in [0, 0.1) is 0 Å². The molecule has 1 N–H and O–H groups in total. The molecule has 0 radical (unpaired) electrons. The highest BCUT2D eigenvalue weighted by Gasteiger charge is 2.32. The predicted octanol–water partition coefficient (Wildman–Crippen LogP) is 1.28. The van der Waals surface area contributed by atoms with Crippen molar-refractivity contribution in [2.24, 2.45) is 0 Å². The van der Waals surface area contributed by atoms with E-state index >= 15 is 0 Å². The lowest BCUT2D eigenvalue weighted by Gasteiger charge is -2.16. The molecule has 4 heteroatoms. The first kappa shape index (κ1) is 8.44. The molecule has 0 spiro atoms. The SMILES string of the molecule is CNc1ncc2c(n1)C(C)(C)OC2. The van der Waals surface area contributed by atoms with Crippen LogP contribution in [0.3, 0.4) is 0 Å². The van der Waals surface area contributed by atoms with Gasteiger partial charge in [-0.1, -0.05) is 0 Å². The Labute approximate surface area is 77.4 Å². The maximum Gasteiger partial charge on any atom is 0.222 e. The molecule has 13 heavy (non-hydrogen) atoms. The summed E-state index contributed by atoms with van der Waals surface area (Å²) in [4.78, 5) is 8.51. The van der Waals surface area contributed by atoms with Crippen molar-refractivity contribution in [3.8, 4) is 0 Å². The minimum atomic E-state index is -0.274. The summed E-state index contributed by atoms with van der Waals surface area (Å²) in [6.45, 7) is 4.66. The number of ether oxygens (including phenoxy) is 1. The van der Waals surface area contributed by atoms with Crippen LogP contribution in [0.4, 0.5) is 5.95 Å². The summed E-state index contributed by atoms with van der Waals surface area (Å²) in [6.07, 6.45) is 1.82. The third-order valence-corrected chi connectivity index (χ3v) is 2.25. The molecule has 0 unspecified atom stereocenters. The first-order chi connectivity index (χ1) is 6.13. The molecule has 1 aliphatic rings. The molecular formula is C9H13N3O. The van der Waals surface area contributed by atoms with Gasteiger partial charge in [0, 0.05) is 18.8 Å². The molecule has 0 saturated heterocycles. The molecule has 0 fully saturated rings. The summed E-state index contributed by atoms with van der Waals surface area (Å²) in [5, 5.41) is 2.92. The molecule has 0 aliphatic carbocycles. The first-order valence-electron chi connectivity index (χ1n) is 4.31. The summed E-state index contributed by atoms with van der Waals surface area (Å²) in [6, 6.07) is 0. The zero-order chi connectivity index (χ0) is 9.47. The summed E-state index contributed by atoms with van der Waals surface area (Å²) in [5.41, 5.74) is 1.81. The number of nitrogens with one attached hydrogen (secondary N) is 1. The third kappa shape index (κ3) is 1.27. The van der Waals surface area contributed by atoms with Crippen molar-refractivity contribution in [2.75, 3.05) is 12.4 Å². The standard InChI is InChI=1S/C9H13N3O/c1-9(2)7-6(5-13-9)4-11-8(10-3)12-7/h4H,5H2,1-3H3,(H,10,11,12). The number of aromatic nitrogens is 2. The molecule has 0 amide bonds. The first-order valence-corrected chi connectivity index (χ1v) is 4.31. The Morgan fingerprint density at radius 3 is 3.00 bits per heavy atom. The third-order valence-electron chi connectivity index (χ3n) is 2.25. The molecule has 70 valence electrons. The van der Waals surface area contributed by atoms with Crippen molar-refractivity contribution in [1.82, 2.24) is 9.97 Å². The Kier molecular flexibility index (Phi) is 1.73. The van der Waals surface area contributed by atoms with Gasteiger partial charge in [0.1, 0.15) is 5.60 Å². The van der Waals surface area contributed by atoms with E-state index in [-0.39, 0.29) is 5.60 Å². The van der Waals surface area contributed by atoms with Crippen molar-refractivity contribution < 1.29 is 4.74 Å². The molecule has 2 rings (SSSR count). The van der Waals surface area contributed by atoms with Crippen LogP contribution in [0.2, 0.25) is 0 Å². The van der Waals surface area contributed by atoms with Gasteiger partial charge >= 0.3 is 0 Å². The maximum atomic E-state index is 5.58. The van der Waals surface area contributed by atoms with E-state index in [0.717, 1.165) is 11.3 Å². The fourth-order valence-electron chi connectivity index (χ4n) is 1.48. The molecule has 0 bridgehead atoms. The van der Waals surface area contributed by atoms with Crippen LogP contribution in [0.1, 0.15) is 25.1 Å². The Morgan fingerprint density at radius 1 is 1.54 bits per heavy atom. The normalized spacial score (nSPS) is 18.4. The van der Waals surface area contributed by atoms with E-state index in [1.165, 1.54) is 0 Å². The van der Waals surface area contributed by atoms with Gasteiger partial charge in [-0.3, -0.25) is 0 Å². The fourth-order valence-corrected chi connectivity index (χ4v) is 1.48. The van der Waals surface area contributed by atoms with E-state index in [0.29, 0.717) is 12.6 Å². The van der Waals surface area contributed by atoms with Crippen LogP contribution in [-0.2, 0) is 16.9 Å². The van der Waals surface area contributed by atoms with Crippen molar-refractivity contribution in [3.05, 3.63) is 17.5 Å². The van der Waals surface area contributed by atoms with E-state index in [4.69, 9.17) is 4.74 Å². The summed E-state index contributed by atoms with van der Waals surface area (Å²) < 4.78 is 5.58. The fraction of sp³-hybridized carbons (Fsp3) is 0.556. The van der Waals surface area contributed by atoms with Crippen molar-refractivity contribution in [3.63, 3.8) is 0 Å². The number of hydrogen-bond donors (Lipinski definition) is 1. The predicted molar refractivity (Wildman–Crippen MR) is 49.4 cm³/mol. The van der Waals surface area contributed by atoms with E-state index in [9.17, 15) is 0 Å². The Hall–Kier alpha value is -1.16. The molecule has 2 heterocycles. The minimum Gasteiger partial charge on any atom is -0.364 e. The quantitative estimate of drug-likeness (QED) is 0.705. The lowest BCUT2D eigenvalue weighted by atomic mass is 10.0. The van der Waals surface area contributed by atoms with Crippen LogP contribution in [0.25, 0.3) is 0 Å². The second-order valence-corrected chi connectivity index (χ2v) is 3.62. The van der Waals surface area contributed by atoms with Gasteiger partial charge in [0.15, 0.2) is 0 Å². The topological polar surface area (TPSA) is 47.0 Å². The highest BCUT2D eigenvalue weighted by atomic mass is 16.5. The summed E-state index contributed by atoms with van der Waals surface area (Å²) in [5.74, 6) is 0.650. The van der Waals surface area contributed by atoms with Crippen molar-refractivity contribution in [1.29, 1.82) is 0 Å². The average Bonchev–Trinajstić information content (AvgIpc) is 2.42. The van der Waals surface area contributed by atoms with Crippen LogP contribution in [-0.4, -0.2) is 17.0 Å². The van der Waals surface area contributed by atoms with Gasteiger partial charge in [0.05, 0.1) is 12.3 Å². The molecule has 4 nitrogen and oxygen atoms in total. The summed E-state index contributed by atoms with van der Waals surface area (Å²) >= 11 is 0. The van der Waals surface area contributed by atoms with Crippen LogP contribution in [0.5, 0.6) is 0 Å². The zero-order valence-corrected chi connectivity index (χ0v) is 8.09. The number of hydrogen-bond acceptors (Lipinski definition) is 4. The van der Waals surface area contributed by atoms with Gasteiger partial charge in [-0.15, -0.1) is 0 Å². The number of nitrogens with zero attached hydrogens (tertiary/aromatic N) is 2. The van der Waals surface area contributed by atoms with E-state index < -0.39 is 0 Å². The van der Waals surface area contributed by atoms with Gasteiger partial charge in [-0.25, -0.2) is 9.97 Å². The molecule has 0 atom stereocenters. The van der Waals surface area contributed by atoms with Gasteiger partial charge in [0.25, 0.3) is 0 Å². The maximum absolute atomic E-state index is 5.58. The highest BCUT2D eigenvalue weighted by Crippen LogP contribution is 2.33.